The molecule has 0 spiro atoms. The van der Waals surface area contributed by atoms with Gasteiger partial charge in [0.2, 0.25) is 5.91 Å². The molecule has 2 heterocycles. The highest BCUT2D eigenvalue weighted by atomic mass is 16.4. The second-order valence-corrected chi connectivity index (χ2v) is 5.52. The van der Waals surface area contributed by atoms with Crippen molar-refractivity contribution in [2.75, 3.05) is 5.32 Å². The van der Waals surface area contributed by atoms with Crippen LogP contribution in [0.25, 0.3) is 5.82 Å². The van der Waals surface area contributed by atoms with Crippen LogP contribution in [0.3, 0.4) is 0 Å². The van der Waals surface area contributed by atoms with Gasteiger partial charge in [-0.1, -0.05) is 0 Å². The van der Waals surface area contributed by atoms with E-state index in [0.717, 1.165) is 11.4 Å². The maximum absolute atomic E-state index is 11.9. The molecule has 0 aliphatic heterocycles. The number of pyridine rings is 1. The van der Waals surface area contributed by atoms with E-state index in [0.29, 0.717) is 17.9 Å². The molecule has 0 bridgehead atoms. The highest BCUT2D eigenvalue weighted by Gasteiger charge is 2.48. The number of amides is 1. The number of rotatable bonds is 4. The fraction of sp³-hybridized carbons (Fsp3) is 0.333. The number of hydrogen-bond donors (Lipinski definition) is 2. The standard InChI is InChI=1S/C15H16N4O3/c1-8-5-9(2)19(18-8)13-4-3-10(7-16-13)17-14(20)11-6-12(11)15(21)22/h3-5,7,11-12H,6H2,1-2H3,(H,17,20)(H,21,22)/t11-,12-/m0/s1. The van der Waals surface area contributed by atoms with Crippen LogP contribution in [0.1, 0.15) is 17.8 Å². The Hall–Kier alpha value is -2.70. The number of nitrogens with zero attached hydrogens (tertiary/aromatic N) is 3. The van der Waals surface area contributed by atoms with Gasteiger partial charge in [-0.25, -0.2) is 9.67 Å². The van der Waals surface area contributed by atoms with Gasteiger partial charge in [0.15, 0.2) is 5.82 Å². The van der Waals surface area contributed by atoms with E-state index in [1.165, 1.54) is 0 Å². The number of aliphatic carboxylic acids is 1. The fourth-order valence-corrected chi connectivity index (χ4v) is 2.44. The number of carboxylic acid groups (broad SMARTS) is 1. The smallest absolute Gasteiger partial charge is 0.307 e. The Bertz CT molecular complexity index is 736. The lowest BCUT2D eigenvalue weighted by molar-refractivity contribution is -0.139. The average molecular weight is 300 g/mol. The second-order valence-electron chi connectivity index (χ2n) is 5.52. The SMILES string of the molecule is Cc1cc(C)n(-c2ccc(NC(=O)[C@H]3C[C@@H]3C(=O)O)cn2)n1. The van der Waals surface area contributed by atoms with Gasteiger partial charge < -0.3 is 10.4 Å². The summed E-state index contributed by atoms with van der Waals surface area (Å²) in [5, 5.41) is 15.9. The topological polar surface area (TPSA) is 97.1 Å². The van der Waals surface area contributed by atoms with Gasteiger partial charge in [0.1, 0.15) is 0 Å². The molecule has 2 aromatic rings. The Balaban J connectivity index is 1.69. The molecule has 2 N–H and O–H groups in total. The molecule has 3 rings (SSSR count). The lowest BCUT2D eigenvalue weighted by Gasteiger charge is -2.06. The first-order valence-corrected chi connectivity index (χ1v) is 6.99. The summed E-state index contributed by atoms with van der Waals surface area (Å²) in [6, 6.07) is 5.45. The van der Waals surface area contributed by atoms with Gasteiger partial charge in [-0.05, 0) is 38.5 Å². The van der Waals surface area contributed by atoms with E-state index in [2.05, 4.69) is 15.4 Å². The first-order valence-electron chi connectivity index (χ1n) is 6.99. The molecule has 0 unspecified atom stereocenters. The van der Waals surface area contributed by atoms with Crippen molar-refractivity contribution < 1.29 is 14.7 Å². The fourth-order valence-electron chi connectivity index (χ4n) is 2.44. The number of anilines is 1. The Morgan fingerprint density at radius 2 is 2.09 bits per heavy atom. The van der Waals surface area contributed by atoms with E-state index in [9.17, 15) is 9.59 Å². The van der Waals surface area contributed by atoms with Crippen molar-refractivity contribution >= 4 is 17.6 Å². The molecule has 0 radical (unpaired) electrons. The van der Waals surface area contributed by atoms with Crippen LogP contribution in [0, 0.1) is 25.7 Å². The Morgan fingerprint density at radius 1 is 1.32 bits per heavy atom. The lowest BCUT2D eigenvalue weighted by Crippen LogP contribution is -2.17. The minimum absolute atomic E-state index is 0.270. The maximum Gasteiger partial charge on any atom is 0.307 e. The summed E-state index contributed by atoms with van der Waals surface area (Å²) in [6.07, 6.45) is 1.94. The van der Waals surface area contributed by atoms with Crippen LogP contribution in [0.2, 0.25) is 0 Å². The van der Waals surface area contributed by atoms with Gasteiger partial charge in [-0.3, -0.25) is 9.59 Å². The molecule has 1 saturated carbocycles. The number of aryl methyl sites for hydroxylation is 2. The quantitative estimate of drug-likeness (QED) is 0.892. The van der Waals surface area contributed by atoms with Crippen molar-refractivity contribution in [3.05, 3.63) is 35.8 Å². The van der Waals surface area contributed by atoms with Gasteiger partial charge in [0.25, 0.3) is 0 Å². The summed E-state index contributed by atoms with van der Waals surface area (Å²) in [5.41, 5.74) is 2.43. The zero-order chi connectivity index (χ0) is 15.9. The molecule has 7 heteroatoms. The zero-order valence-corrected chi connectivity index (χ0v) is 12.3. The van der Waals surface area contributed by atoms with Crippen LogP contribution < -0.4 is 5.32 Å². The lowest BCUT2D eigenvalue weighted by atomic mass is 10.3. The van der Waals surface area contributed by atoms with Crippen molar-refractivity contribution in [2.24, 2.45) is 11.8 Å². The highest BCUT2D eigenvalue weighted by Crippen LogP contribution is 2.39. The van der Waals surface area contributed by atoms with E-state index in [1.54, 1.807) is 23.0 Å². The third-order valence-electron chi connectivity index (χ3n) is 3.69. The number of aromatic nitrogens is 3. The summed E-state index contributed by atoms with van der Waals surface area (Å²) in [4.78, 5) is 26.9. The van der Waals surface area contributed by atoms with E-state index in [-0.39, 0.29) is 5.91 Å². The molecule has 1 amide bonds. The van der Waals surface area contributed by atoms with E-state index >= 15 is 0 Å². The van der Waals surface area contributed by atoms with Crippen LogP contribution in [0.4, 0.5) is 5.69 Å². The Morgan fingerprint density at radius 3 is 2.59 bits per heavy atom. The number of nitrogens with one attached hydrogen (secondary N) is 1. The van der Waals surface area contributed by atoms with E-state index < -0.39 is 17.8 Å². The Kier molecular flexibility index (Phi) is 3.40. The number of carboxylic acids is 1. The van der Waals surface area contributed by atoms with Crippen molar-refractivity contribution in [3.8, 4) is 5.82 Å². The maximum atomic E-state index is 11.9. The molecule has 22 heavy (non-hydrogen) atoms. The molecular weight excluding hydrogens is 284 g/mol. The summed E-state index contributed by atoms with van der Waals surface area (Å²) < 4.78 is 1.72. The molecule has 0 aromatic carbocycles. The first kappa shape index (κ1) is 14.2. The predicted octanol–water partition coefficient (Wildman–Crippen LogP) is 1.54. The second kappa shape index (κ2) is 5.25. The van der Waals surface area contributed by atoms with Crippen molar-refractivity contribution in [2.45, 2.75) is 20.3 Å². The highest BCUT2D eigenvalue weighted by molar-refractivity contribution is 5.98. The van der Waals surface area contributed by atoms with Crippen molar-refractivity contribution in [1.82, 2.24) is 14.8 Å². The third kappa shape index (κ3) is 2.69. The average Bonchev–Trinajstić information content (AvgIpc) is 3.20. The van der Waals surface area contributed by atoms with Crippen LogP contribution in [0.5, 0.6) is 0 Å². The minimum Gasteiger partial charge on any atom is -0.481 e. The van der Waals surface area contributed by atoms with Gasteiger partial charge in [0.05, 0.1) is 29.4 Å². The van der Waals surface area contributed by atoms with Crippen LogP contribution in [0.15, 0.2) is 24.4 Å². The van der Waals surface area contributed by atoms with Gasteiger partial charge in [0, 0.05) is 5.69 Å². The van der Waals surface area contributed by atoms with Crippen molar-refractivity contribution in [3.63, 3.8) is 0 Å². The van der Waals surface area contributed by atoms with Crippen LogP contribution in [-0.2, 0) is 9.59 Å². The molecule has 0 saturated heterocycles. The minimum atomic E-state index is -0.918. The van der Waals surface area contributed by atoms with E-state index in [4.69, 9.17) is 5.11 Å². The third-order valence-corrected chi connectivity index (χ3v) is 3.69. The molecular formula is C15H16N4O3. The van der Waals surface area contributed by atoms with Crippen LogP contribution in [-0.4, -0.2) is 31.7 Å². The normalized spacial score (nSPS) is 19.7. The van der Waals surface area contributed by atoms with Crippen LogP contribution >= 0.6 is 0 Å². The Labute approximate surface area is 127 Å². The largest absolute Gasteiger partial charge is 0.481 e. The summed E-state index contributed by atoms with van der Waals surface area (Å²) in [6.45, 7) is 3.85. The number of carbonyl (C=O) groups excluding carboxylic acids is 1. The summed E-state index contributed by atoms with van der Waals surface area (Å²) in [5.74, 6) is -1.51. The van der Waals surface area contributed by atoms with E-state index in [1.807, 2.05) is 19.9 Å². The molecule has 2 aromatic heterocycles. The molecule has 7 nitrogen and oxygen atoms in total. The first-order chi connectivity index (χ1) is 10.5. The van der Waals surface area contributed by atoms with Gasteiger partial charge in [-0.15, -0.1) is 0 Å². The number of hydrogen-bond acceptors (Lipinski definition) is 4. The van der Waals surface area contributed by atoms with Crippen molar-refractivity contribution in [1.29, 1.82) is 0 Å². The molecule has 1 fully saturated rings. The van der Waals surface area contributed by atoms with Gasteiger partial charge >= 0.3 is 5.97 Å². The summed E-state index contributed by atoms with van der Waals surface area (Å²) >= 11 is 0. The predicted molar refractivity (Wildman–Crippen MR) is 78.7 cm³/mol. The number of carbonyl (C=O) groups is 2. The zero-order valence-electron chi connectivity index (χ0n) is 12.3. The molecule has 1 aliphatic rings. The summed E-state index contributed by atoms with van der Waals surface area (Å²) in [7, 11) is 0. The van der Waals surface area contributed by atoms with Gasteiger partial charge in [-0.2, -0.15) is 5.10 Å². The molecule has 114 valence electrons. The molecule has 1 aliphatic carbocycles. The molecule has 2 atom stereocenters. The monoisotopic (exact) mass is 300 g/mol.